The van der Waals surface area contributed by atoms with E-state index in [4.69, 9.17) is 9.05 Å². The smallest absolute Gasteiger partial charge is 0.406 e. The molecule has 0 radical (unpaired) electrons. The van der Waals surface area contributed by atoms with Crippen LogP contribution in [0.3, 0.4) is 0 Å². The van der Waals surface area contributed by atoms with Gasteiger partial charge < -0.3 is 28.5 Å². The van der Waals surface area contributed by atoms with Gasteiger partial charge in [-0.1, -0.05) is 26.2 Å². The molecule has 8 aromatic rings. The van der Waals surface area contributed by atoms with Crippen LogP contribution in [0.1, 0.15) is 22.8 Å². The number of aromatic nitrogens is 12. The van der Waals surface area contributed by atoms with Gasteiger partial charge in [-0.05, 0) is 85.6 Å². The van der Waals surface area contributed by atoms with Crippen LogP contribution >= 0.6 is 15.9 Å². The van der Waals surface area contributed by atoms with E-state index >= 15 is 0 Å². The van der Waals surface area contributed by atoms with Crippen LogP contribution in [0.25, 0.3) is 46.2 Å². The maximum absolute atomic E-state index is 12.3. The number of hydrogen-bond donors (Lipinski definition) is 3. The molecular weight excluding hydrogens is 890 g/mol. The Hall–Kier alpha value is -7.44. The number of hydrogen-bond acceptors (Lipinski definition) is 14. The van der Waals surface area contributed by atoms with E-state index < -0.39 is 12.7 Å². The first kappa shape index (κ1) is 43.1. The van der Waals surface area contributed by atoms with Crippen molar-refractivity contribution < 1.29 is 44.9 Å². The zero-order valence-corrected chi connectivity index (χ0v) is 32.7. The first-order chi connectivity index (χ1) is 29.0. The lowest BCUT2D eigenvalue weighted by Gasteiger charge is -2.08. The van der Waals surface area contributed by atoms with Crippen LogP contribution in [0.5, 0.6) is 11.5 Å². The van der Waals surface area contributed by atoms with Crippen molar-refractivity contribution in [2.45, 2.75) is 38.4 Å². The van der Waals surface area contributed by atoms with Gasteiger partial charge in [-0.3, -0.25) is 14.7 Å². The summed E-state index contributed by atoms with van der Waals surface area (Å²) in [7, 11) is 0. The topological polar surface area (TPSA) is 234 Å². The highest BCUT2D eigenvalue weighted by molar-refractivity contribution is 9.08. The van der Waals surface area contributed by atoms with Crippen LogP contribution in [0, 0.1) is 13.8 Å². The Bertz CT molecular complexity index is 2800. The third kappa shape index (κ3) is 12.5. The standard InChI is InChI=1S/C18H13F3N6O3.C12H8F3N5O2.C6H6BrNO/c1-10-23-16(25-27(10)9-11-6-7-22-14(28)8-11)17-24-15(26-30-17)12-2-4-13(5-3-12)29-18(19,20)21;1-6-16-10(19-18-6)11-17-9(20-22-11)7-2-4-8(5-3-7)21-12(13,14)15;7-4-5-1-2-8-6(9)3-5/h2-8H,9H2,1H3,(H,22,28);2-5H,1H3,(H,16,18,19);1-3H,4H2,(H,8,9). The highest BCUT2D eigenvalue weighted by Gasteiger charge is 2.32. The molecule has 0 aliphatic carbocycles. The number of aromatic amines is 3. The summed E-state index contributed by atoms with van der Waals surface area (Å²) in [4.78, 5) is 43.7. The number of alkyl halides is 7. The van der Waals surface area contributed by atoms with Crippen LogP contribution < -0.4 is 20.6 Å². The Balaban J connectivity index is 0.000000175. The van der Waals surface area contributed by atoms with Crippen LogP contribution in [-0.4, -0.2) is 72.9 Å². The summed E-state index contributed by atoms with van der Waals surface area (Å²) >= 11 is 3.24. The molecule has 0 bridgehead atoms. The molecule has 25 heteroatoms. The van der Waals surface area contributed by atoms with Gasteiger partial charge in [0.05, 0.1) is 6.54 Å². The zero-order chi connectivity index (χ0) is 43.7. The minimum absolute atomic E-state index is 0.0491. The minimum Gasteiger partial charge on any atom is -0.406 e. The largest absolute Gasteiger partial charge is 0.573 e. The predicted octanol–water partition coefficient (Wildman–Crippen LogP) is 6.94. The van der Waals surface area contributed by atoms with E-state index in [0.717, 1.165) is 40.7 Å². The fourth-order valence-electron chi connectivity index (χ4n) is 4.91. The Morgan fingerprint density at radius 1 is 0.656 bits per heavy atom. The second-order valence-corrected chi connectivity index (χ2v) is 12.7. The van der Waals surface area contributed by atoms with Gasteiger partial charge in [0.1, 0.15) is 23.1 Å². The van der Waals surface area contributed by atoms with E-state index in [-0.39, 0.29) is 57.7 Å². The molecule has 8 rings (SSSR count). The molecule has 0 unspecified atom stereocenters. The number of pyridine rings is 2. The molecule has 3 N–H and O–H groups in total. The summed E-state index contributed by atoms with van der Waals surface area (Å²) in [5, 5.41) is 19.1. The summed E-state index contributed by atoms with van der Waals surface area (Å²) in [6.45, 7) is 3.78. The number of H-pyrrole nitrogens is 3. The van der Waals surface area contributed by atoms with Crippen LogP contribution in [0.15, 0.2) is 104 Å². The molecule has 0 saturated carbocycles. The molecule has 0 spiro atoms. The summed E-state index contributed by atoms with van der Waals surface area (Å²) in [5.74, 6) is 1.42. The van der Waals surface area contributed by atoms with Crippen molar-refractivity contribution in [3.63, 3.8) is 0 Å². The number of nitrogens with one attached hydrogen (secondary N) is 3. The Morgan fingerprint density at radius 3 is 1.59 bits per heavy atom. The van der Waals surface area contributed by atoms with Gasteiger partial charge >= 0.3 is 12.7 Å². The van der Waals surface area contributed by atoms with Crippen LogP contribution in [0.4, 0.5) is 26.3 Å². The number of rotatable bonds is 9. The Labute approximate surface area is 345 Å². The lowest BCUT2D eigenvalue weighted by Crippen LogP contribution is -2.16. The normalized spacial score (nSPS) is 11.3. The summed E-state index contributed by atoms with van der Waals surface area (Å²) in [5.41, 5.74) is 2.37. The highest BCUT2D eigenvalue weighted by atomic mass is 79.9. The monoisotopic (exact) mass is 916 g/mol. The van der Waals surface area contributed by atoms with Gasteiger partial charge in [0.15, 0.2) is 0 Å². The van der Waals surface area contributed by atoms with Crippen molar-refractivity contribution in [2.24, 2.45) is 0 Å². The summed E-state index contributed by atoms with van der Waals surface area (Å²) < 4.78 is 92.4. The summed E-state index contributed by atoms with van der Waals surface area (Å²) in [6.07, 6.45) is -6.32. The second kappa shape index (κ2) is 18.6. The third-order valence-electron chi connectivity index (χ3n) is 7.55. The van der Waals surface area contributed by atoms with Crippen molar-refractivity contribution in [3.05, 3.63) is 129 Å². The second-order valence-electron chi connectivity index (χ2n) is 12.1. The zero-order valence-electron chi connectivity index (χ0n) is 31.1. The molecule has 6 heterocycles. The van der Waals surface area contributed by atoms with Crippen molar-refractivity contribution in [1.29, 1.82) is 0 Å². The fourth-order valence-corrected chi connectivity index (χ4v) is 5.25. The van der Waals surface area contributed by atoms with E-state index in [1.54, 1.807) is 43.1 Å². The first-order valence-corrected chi connectivity index (χ1v) is 18.2. The molecular formula is C36H27BrF6N12O6. The van der Waals surface area contributed by atoms with Crippen molar-refractivity contribution in [3.8, 4) is 57.7 Å². The maximum atomic E-state index is 12.3. The number of benzene rings is 2. The number of nitrogens with zero attached hydrogens (tertiary/aromatic N) is 9. The average molecular weight is 918 g/mol. The lowest BCUT2D eigenvalue weighted by molar-refractivity contribution is -0.275. The molecule has 0 fully saturated rings. The molecule has 0 aliphatic heterocycles. The molecule has 0 aliphatic rings. The molecule has 2 aromatic carbocycles. The number of aryl methyl sites for hydroxylation is 2. The van der Waals surface area contributed by atoms with Crippen LogP contribution in [-0.2, 0) is 11.9 Å². The molecule has 61 heavy (non-hydrogen) atoms. The van der Waals surface area contributed by atoms with E-state index in [1.165, 1.54) is 30.3 Å². The van der Waals surface area contributed by atoms with Crippen molar-refractivity contribution in [1.82, 2.24) is 60.2 Å². The van der Waals surface area contributed by atoms with Gasteiger partial charge in [-0.2, -0.15) is 9.97 Å². The SMILES string of the molecule is Cc1nc(-c2nc(-c3ccc(OC(F)(F)F)cc3)no2)n[nH]1.Cc1nc(-c2nc(-c3ccc(OC(F)(F)F)cc3)no2)nn1Cc1cc[nH]c(=O)c1.O=c1cc(CBr)cc[nH]1. The molecule has 18 nitrogen and oxygen atoms in total. The van der Waals surface area contributed by atoms with Crippen molar-refractivity contribution in [2.75, 3.05) is 0 Å². The van der Waals surface area contributed by atoms with Gasteiger partial charge in [-0.15, -0.1) is 36.5 Å². The van der Waals surface area contributed by atoms with E-state index in [9.17, 15) is 35.9 Å². The van der Waals surface area contributed by atoms with Gasteiger partial charge in [0.25, 0.3) is 11.8 Å². The van der Waals surface area contributed by atoms with E-state index in [0.29, 0.717) is 29.3 Å². The van der Waals surface area contributed by atoms with E-state index in [2.05, 4.69) is 80.9 Å². The van der Waals surface area contributed by atoms with Gasteiger partial charge in [0, 0.05) is 41.0 Å². The minimum atomic E-state index is -4.77. The molecule has 316 valence electrons. The van der Waals surface area contributed by atoms with Gasteiger partial charge in [0.2, 0.25) is 34.4 Å². The average Bonchev–Trinajstić information content (AvgIpc) is 4.03. The summed E-state index contributed by atoms with van der Waals surface area (Å²) in [6, 6.07) is 16.8. The fraction of sp³-hybridized carbons (Fsp3) is 0.167. The van der Waals surface area contributed by atoms with Crippen LogP contribution in [0.2, 0.25) is 0 Å². The number of halogens is 7. The van der Waals surface area contributed by atoms with Crippen molar-refractivity contribution >= 4 is 15.9 Å². The molecule has 0 saturated heterocycles. The predicted molar refractivity (Wildman–Crippen MR) is 203 cm³/mol. The maximum Gasteiger partial charge on any atom is 0.573 e. The highest BCUT2D eigenvalue weighted by Crippen LogP contribution is 2.28. The molecule has 0 atom stereocenters. The Kier molecular flexibility index (Phi) is 13.2. The van der Waals surface area contributed by atoms with Gasteiger partial charge in [-0.25, -0.2) is 14.6 Å². The molecule has 6 aromatic heterocycles. The third-order valence-corrected chi connectivity index (χ3v) is 8.19. The Morgan fingerprint density at radius 2 is 1.15 bits per heavy atom. The quantitative estimate of drug-likeness (QED) is 0.0984. The number of ether oxygens (including phenoxy) is 2. The molecule has 0 amide bonds. The lowest BCUT2D eigenvalue weighted by atomic mass is 10.2. The first-order valence-electron chi connectivity index (χ1n) is 17.1. The van der Waals surface area contributed by atoms with E-state index in [1.807, 2.05) is 6.07 Å².